The van der Waals surface area contributed by atoms with Gasteiger partial charge in [0, 0.05) is 7.05 Å². The van der Waals surface area contributed by atoms with Crippen LogP contribution in [0.4, 0.5) is 12.7 Å². The zero-order valence-electron chi connectivity index (χ0n) is 9.62. The first kappa shape index (κ1) is 15.9. The van der Waals surface area contributed by atoms with Crippen molar-refractivity contribution in [2.24, 2.45) is 0 Å². The smallest absolute Gasteiger partial charge is 0.209 e. The molecule has 0 aliphatic rings. The Balaban J connectivity index is 3.10. The molecule has 0 aromatic heterocycles. The predicted molar refractivity (Wildman–Crippen MR) is 60.6 cm³/mol. The Kier molecular flexibility index (Phi) is 4.59. The highest BCUT2D eigenvalue weighted by atomic mass is 32.3. The minimum atomic E-state index is -4.93. The second kappa shape index (κ2) is 5.47. The van der Waals surface area contributed by atoms with Crippen LogP contribution in [0.1, 0.15) is 0 Å². The summed E-state index contributed by atoms with van der Waals surface area (Å²) in [6.07, 6.45) is -2.84. The summed E-state index contributed by atoms with van der Waals surface area (Å²) in [7, 11) is -8.13. The minimum absolute atomic E-state index is 0.400. The third-order valence-electron chi connectivity index (χ3n) is 2.21. The zero-order valence-corrected chi connectivity index (χ0v) is 11.3. The summed E-state index contributed by atoms with van der Waals surface area (Å²) in [5, 5.41) is 0. The van der Waals surface area contributed by atoms with E-state index in [-0.39, 0.29) is 0 Å². The van der Waals surface area contributed by atoms with E-state index in [1.165, 1.54) is 0 Å². The molecular formula is C9H10F3NO4S2. The van der Waals surface area contributed by atoms with Gasteiger partial charge in [0.05, 0.1) is 16.3 Å². The van der Waals surface area contributed by atoms with E-state index in [9.17, 15) is 29.5 Å². The maximum Gasteiger partial charge on any atom is 0.332 e. The van der Waals surface area contributed by atoms with Gasteiger partial charge in [-0.1, -0.05) is 0 Å². The van der Waals surface area contributed by atoms with E-state index in [2.05, 4.69) is 0 Å². The zero-order chi connectivity index (χ0) is 14.8. The van der Waals surface area contributed by atoms with E-state index in [1.54, 1.807) is 0 Å². The van der Waals surface area contributed by atoms with Crippen LogP contribution in [0.15, 0.2) is 34.1 Å². The van der Waals surface area contributed by atoms with E-state index < -0.39 is 43.0 Å². The van der Waals surface area contributed by atoms with Gasteiger partial charge in [-0.25, -0.2) is 17.2 Å². The van der Waals surface area contributed by atoms with Crippen LogP contribution in [0.5, 0.6) is 0 Å². The van der Waals surface area contributed by atoms with Crippen LogP contribution in [0.3, 0.4) is 0 Å². The lowest BCUT2D eigenvalue weighted by Crippen LogP contribution is -2.31. The van der Waals surface area contributed by atoms with Crippen LogP contribution in [-0.2, 0) is 20.2 Å². The fraction of sp³-hybridized carbons (Fsp3) is 0.333. The molecule has 0 atom stereocenters. The molecular weight excluding hydrogens is 307 g/mol. The number of sulfonamides is 1. The van der Waals surface area contributed by atoms with Gasteiger partial charge in [0.2, 0.25) is 10.0 Å². The molecule has 1 rings (SSSR count). The summed E-state index contributed by atoms with van der Waals surface area (Å²) < 4.78 is 81.9. The van der Waals surface area contributed by atoms with Gasteiger partial charge in [-0.2, -0.15) is 12.7 Å². The van der Waals surface area contributed by atoms with Crippen molar-refractivity contribution in [3.8, 4) is 0 Å². The number of hydrogen-bond donors (Lipinski definition) is 0. The maximum absolute atomic E-state index is 12.6. The van der Waals surface area contributed by atoms with Gasteiger partial charge in [-0.05, 0) is 24.3 Å². The molecule has 5 nitrogen and oxygen atoms in total. The summed E-state index contributed by atoms with van der Waals surface area (Å²) in [5.74, 6) is 0. The van der Waals surface area contributed by atoms with Gasteiger partial charge >= 0.3 is 10.2 Å². The summed E-state index contributed by atoms with van der Waals surface area (Å²) in [6, 6.07) is 3.17. The minimum Gasteiger partial charge on any atom is -0.209 e. The Morgan fingerprint density at radius 2 is 1.47 bits per heavy atom. The van der Waals surface area contributed by atoms with Crippen molar-refractivity contribution in [1.82, 2.24) is 4.31 Å². The number of benzene rings is 1. The first-order valence-electron chi connectivity index (χ1n) is 4.84. The van der Waals surface area contributed by atoms with Crippen LogP contribution in [0, 0.1) is 0 Å². The molecule has 10 heteroatoms. The fourth-order valence-electron chi connectivity index (χ4n) is 1.25. The van der Waals surface area contributed by atoms with Gasteiger partial charge < -0.3 is 0 Å². The van der Waals surface area contributed by atoms with E-state index in [1.807, 2.05) is 0 Å². The Bertz CT molecular complexity index is 641. The van der Waals surface area contributed by atoms with Gasteiger partial charge in [-0.3, -0.25) is 0 Å². The van der Waals surface area contributed by atoms with E-state index >= 15 is 0 Å². The Hall–Kier alpha value is -1.13. The molecule has 0 heterocycles. The number of halogens is 3. The monoisotopic (exact) mass is 317 g/mol. The van der Waals surface area contributed by atoms with Crippen molar-refractivity contribution in [2.45, 2.75) is 16.2 Å². The molecule has 0 spiro atoms. The maximum atomic E-state index is 12.6. The van der Waals surface area contributed by atoms with E-state index in [4.69, 9.17) is 0 Å². The van der Waals surface area contributed by atoms with Crippen LogP contribution >= 0.6 is 0 Å². The standard InChI is InChI=1S/C9H10F3NO4S2/c1-13(6-9(10)11)19(16,17)8-4-2-7(3-5-8)18(12,14)15/h2-5,9H,6H2,1H3. The number of nitrogens with zero attached hydrogens (tertiary/aromatic N) is 1. The lowest BCUT2D eigenvalue weighted by atomic mass is 10.4. The average Bonchev–Trinajstić information content (AvgIpc) is 2.27. The molecule has 108 valence electrons. The van der Waals surface area contributed by atoms with Crippen molar-refractivity contribution in [1.29, 1.82) is 0 Å². The van der Waals surface area contributed by atoms with Crippen molar-refractivity contribution in [3.05, 3.63) is 24.3 Å². The van der Waals surface area contributed by atoms with Crippen LogP contribution in [-0.4, -0.2) is 41.2 Å². The number of alkyl halides is 2. The summed E-state index contributed by atoms with van der Waals surface area (Å²) in [6.45, 7) is -0.995. The largest absolute Gasteiger partial charge is 0.332 e. The van der Waals surface area contributed by atoms with Gasteiger partial charge in [0.1, 0.15) is 0 Å². The van der Waals surface area contributed by atoms with E-state index in [0.29, 0.717) is 4.31 Å². The normalized spacial score (nSPS) is 13.2. The number of rotatable bonds is 5. The van der Waals surface area contributed by atoms with Gasteiger partial charge in [0.15, 0.2) is 0 Å². The third kappa shape index (κ3) is 3.91. The third-order valence-corrected chi connectivity index (χ3v) is 4.88. The molecule has 0 amide bonds. The molecule has 1 aromatic rings. The predicted octanol–water partition coefficient (Wildman–Crippen LogP) is 1.23. The molecule has 0 aliphatic carbocycles. The Morgan fingerprint density at radius 3 is 1.84 bits per heavy atom. The highest BCUT2D eigenvalue weighted by molar-refractivity contribution is 7.89. The van der Waals surface area contributed by atoms with Crippen molar-refractivity contribution in [3.63, 3.8) is 0 Å². The first-order chi connectivity index (χ1) is 8.55. The average molecular weight is 317 g/mol. The lowest BCUT2D eigenvalue weighted by molar-refractivity contribution is 0.126. The van der Waals surface area contributed by atoms with E-state index in [0.717, 1.165) is 31.3 Å². The molecule has 19 heavy (non-hydrogen) atoms. The van der Waals surface area contributed by atoms with Gasteiger partial charge in [-0.15, -0.1) is 3.89 Å². The second-order valence-electron chi connectivity index (χ2n) is 3.59. The molecule has 0 fully saturated rings. The summed E-state index contributed by atoms with van der Waals surface area (Å²) >= 11 is 0. The molecule has 0 saturated carbocycles. The van der Waals surface area contributed by atoms with Crippen molar-refractivity contribution < 1.29 is 29.5 Å². The topological polar surface area (TPSA) is 71.5 Å². The Labute approximate surface area is 108 Å². The number of hydrogen-bond acceptors (Lipinski definition) is 4. The van der Waals surface area contributed by atoms with Crippen molar-refractivity contribution >= 4 is 20.2 Å². The molecule has 0 N–H and O–H groups in total. The van der Waals surface area contributed by atoms with Gasteiger partial charge in [0.25, 0.3) is 6.43 Å². The van der Waals surface area contributed by atoms with Crippen LogP contribution in [0.2, 0.25) is 0 Å². The molecule has 0 radical (unpaired) electrons. The molecule has 0 aliphatic heterocycles. The highest BCUT2D eigenvalue weighted by Gasteiger charge is 2.24. The SMILES string of the molecule is CN(CC(F)F)S(=O)(=O)c1ccc(S(=O)(=O)F)cc1. The molecule has 0 unspecified atom stereocenters. The van der Waals surface area contributed by atoms with Crippen LogP contribution < -0.4 is 0 Å². The molecule has 1 aromatic carbocycles. The summed E-state index contributed by atoms with van der Waals surface area (Å²) in [4.78, 5) is -1.11. The van der Waals surface area contributed by atoms with Crippen molar-refractivity contribution in [2.75, 3.05) is 13.6 Å². The fourth-order valence-corrected chi connectivity index (χ4v) is 2.86. The highest BCUT2D eigenvalue weighted by Crippen LogP contribution is 2.19. The quantitative estimate of drug-likeness (QED) is 0.766. The lowest BCUT2D eigenvalue weighted by Gasteiger charge is -2.16. The Morgan fingerprint density at radius 1 is 1.05 bits per heavy atom. The second-order valence-corrected chi connectivity index (χ2v) is 6.98. The first-order valence-corrected chi connectivity index (χ1v) is 7.66. The summed E-state index contributed by atoms with van der Waals surface area (Å²) in [5.41, 5.74) is 0. The molecule has 0 saturated heterocycles. The van der Waals surface area contributed by atoms with Crippen LogP contribution in [0.25, 0.3) is 0 Å². The molecule has 0 bridgehead atoms.